The van der Waals surface area contributed by atoms with E-state index in [0.717, 1.165) is 5.56 Å². The predicted octanol–water partition coefficient (Wildman–Crippen LogP) is 1.88. The molecule has 0 unspecified atom stereocenters. The number of hydrogen-bond donors (Lipinski definition) is 3. The smallest absolute Gasteiger partial charge is 0.152 e. The van der Waals surface area contributed by atoms with Crippen molar-refractivity contribution < 1.29 is 0 Å². The first-order chi connectivity index (χ1) is 7.97. The third-order valence-electron chi connectivity index (χ3n) is 2.66. The van der Waals surface area contributed by atoms with Gasteiger partial charge in [-0.05, 0) is 19.9 Å². The Morgan fingerprint density at radius 2 is 2.24 bits per heavy atom. The highest BCUT2D eigenvalue weighted by Crippen LogP contribution is 2.33. The number of hydrogen-bond acceptors (Lipinski definition) is 5. The summed E-state index contributed by atoms with van der Waals surface area (Å²) in [5.41, 5.74) is 4.69. The number of nitrogens with one attached hydrogen (secondary N) is 3. The van der Waals surface area contributed by atoms with Crippen LogP contribution in [0.25, 0.3) is 0 Å². The van der Waals surface area contributed by atoms with E-state index < -0.39 is 5.54 Å². The van der Waals surface area contributed by atoms with Gasteiger partial charge in [-0.15, -0.1) is 0 Å². The van der Waals surface area contributed by atoms with Crippen molar-refractivity contribution in [3.05, 3.63) is 23.0 Å². The number of nitrogens with zero attached hydrogens (tertiary/aromatic N) is 2. The molecule has 0 radical (unpaired) electrons. The van der Waals surface area contributed by atoms with Crippen molar-refractivity contribution in [2.75, 3.05) is 12.4 Å². The summed E-state index contributed by atoms with van der Waals surface area (Å²) in [4.78, 5) is 4.01. The van der Waals surface area contributed by atoms with Crippen molar-refractivity contribution in [1.82, 2.24) is 10.4 Å². The van der Waals surface area contributed by atoms with Crippen LogP contribution in [0.3, 0.4) is 0 Å². The molecule has 2 rings (SSSR count). The third kappa shape index (κ3) is 1.86. The van der Waals surface area contributed by atoms with Gasteiger partial charge in [-0.25, -0.2) is 4.98 Å². The normalized spacial score (nSPS) is 19.8. The number of pyridine rings is 1. The van der Waals surface area contributed by atoms with Crippen LogP contribution in [0.1, 0.15) is 19.4 Å². The molecular formula is C11H14ClN5. The van der Waals surface area contributed by atoms with Crippen molar-refractivity contribution in [1.29, 1.82) is 5.41 Å². The Morgan fingerprint density at radius 1 is 1.53 bits per heavy atom. The fourth-order valence-corrected chi connectivity index (χ4v) is 2.09. The van der Waals surface area contributed by atoms with E-state index in [1.807, 2.05) is 13.8 Å². The molecule has 1 aromatic heterocycles. The second kappa shape index (κ2) is 4.00. The Bertz CT molecular complexity index is 507. The molecule has 6 heteroatoms. The van der Waals surface area contributed by atoms with Gasteiger partial charge in [0.15, 0.2) is 5.15 Å². The summed E-state index contributed by atoms with van der Waals surface area (Å²) in [6, 6.07) is 1.76. The average molecular weight is 252 g/mol. The van der Waals surface area contributed by atoms with Gasteiger partial charge >= 0.3 is 0 Å². The largest absolute Gasteiger partial charge is 0.371 e. The van der Waals surface area contributed by atoms with E-state index in [1.54, 1.807) is 19.3 Å². The number of aromatic nitrogens is 1. The molecule has 5 nitrogen and oxygen atoms in total. The Balaban J connectivity index is 2.62. The Labute approximate surface area is 105 Å². The lowest BCUT2D eigenvalue weighted by atomic mass is 9.86. The van der Waals surface area contributed by atoms with Gasteiger partial charge < -0.3 is 10.7 Å². The summed E-state index contributed by atoms with van der Waals surface area (Å²) in [5, 5.41) is 16.0. The fourth-order valence-electron chi connectivity index (χ4n) is 1.88. The van der Waals surface area contributed by atoms with E-state index in [1.165, 1.54) is 0 Å². The lowest BCUT2D eigenvalue weighted by Crippen LogP contribution is -2.49. The Kier molecular flexibility index (Phi) is 2.79. The summed E-state index contributed by atoms with van der Waals surface area (Å²) < 4.78 is 0. The molecular weight excluding hydrogens is 238 g/mol. The molecule has 0 bridgehead atoms. The zero-order valence-electron chi connectivity index (χ0n) is 9.93. The van der Waals surface area contributed by atoms with Gasteiger partial charge in [0.2, 0.25) is 0 Å². The van der Waals surface area contributed by atoms with Crippen LogP contribution >= 0.6 is 11.6 Å². The van der Waals surface area contributed by atoms with Crippen LogP contribution in [-0.4, -0.2) is 29.0 Å². The molecule has 2 heterocycles. The van der Waals surface area contributed by atoms with Gasteiger partial charge in [0.05, 0.1) is 16.9 Å². The Morgan fingerprint density at radius 3 is 2.88 bits per heavy atom. The maximum atomic E-state index is 8.19. The highest BCUT2D eigenvalue weighted by molar-refractivity contribution is 6.53. The van der Waals surface area contributed by atoms with Crippen LogP contribution in [0.2, 0.25) is 5.15 Å². The van der Waals surface area contributed by atoms with Crippen molar-refractivity contribution >= 4 is 28.7 Å². The number of anilines is 1. The van der Waals surface area contributed by atoms with Crippen LogP contribution in [0.5, 0.6) is 0 Å². The lowest BCUT2D eigenvalue weighted by Gasteiger charge is -2.35. The minimum atomic E-state index is -0.459. The highest BCUT2D eigenvalue weighted by atomic mass is 35.5. The average Bonchev–Trinajstić information content (AvgIpc) is 2.26. The molecule has 0 amide bonds. The van der Waals surface area contributed by atoms with Gasteiger partial charge in [0, 0.05) is 18.8 Å². The van der Waals surface area contributed by atoms with Crippen LogP contribution in [-0.2, 0) is 0 Å². The highest BCUT2D eigenvalue weighted by Gasteiger charge is 2.36. The van der Waals surface area contributed by atoms with Gasteiger partial charge in [0.25, 0.3) is 0 Å². The standard InChI is InChI=1S/C11H14ClN5/c1-11(2)9(17-14-3)7(13)6-4-5-15-10(12)8(6)16-11/h4-5,13-14,16H,1-3H3/b13-7?,17-9+. The fraction of sp³-hybridized carbons (Fsp3) is 0.364. The zero-order chi connectivity index (χ0) is 12.6. The minimum Gasteiger partial charge on any atom is -0.371 e. The molecule has 0 fully saturated rings. The first kappa shape index (κ1) is 11.9. The van der Waals surface area contributed by atoms with Crippen molar-refractivity contribution in [3.63, 3.8) is 0 Å². The quantitative estimate of drug-likeness (QED) is 0.527. The van der Waals surface area contributed by atoms with E-state index in [0.29, 0.717) is 22.3 Å². The van der Waals surface area contributed by atoms with Crippen molar-refractivity contribution in [3.8, 4) is 0 Å². The van der Waals surface area contributed by atoms with Gasteiger partial charge in [-0.1, -0.05) is 11.6 Å². The summed E-state index contributed by atoms with van der Waals surface area (Å²) in [6.07, 6.45) is 1.59. The topological polar surface area (TPSA) is 73.2 Å². The molecule has 0 saturated heterocycles. The molecule has 0 saturated carbocycles. The number of halogens is 1. The molecule has 0 aromatic carbocycles. The number of fused-ring (bicyclic) bond motifs is 1. The summed E-state index contributed by atoms with van der Waals surface area (Å²) in [5.74, 6) is 0. The molecule has 0 spiro atoms. The predicted molar refractivity (Wildman–Crippen MR) is 70.3 cm³/mol. The van der Waals surface area contributed by atoms with Crippen LogP contribution in [0.4, 0.5) is 5.69 Å². The van der Waals surface area contributed by atoms with E-state index in [2.05, 4.69) is 20.8 Å². The first-order valence-corrected chi connectivity index (χ1v) is 5.62. The van der Waals surface area contributed by atoms with Crippen LogP contribution < -0.4 is 10.7 Å². The van der Waals surface area contributed by atoms with E-state index in [-0.39, 0.29) is 0 Å². The number of hydrazone groups is 1. The molecule has 1 aromatic rings. The van der Waals surface area contributed by atoms with Crippen molar-refractivity contribution in [2.45, 2.75) is 19.4 Å². The lowest BCUT2D eigenvalue weighted by molar-refractivity contribution is 0.740. The van der Waals surface area contributed by atoms with Gasteiger partial charge in [0.1, 0.15) is 5.71 Å². The van der Waals surface area contributed by atoms with Crippen LogP contribution in [0, 0.1) is 5.41 Å². The SMILES string of the molecule is CN/N=C1\C(=N)c2ccnc(Cl)c2NC1(C)C. The second-order valence-corrected chi connectivity index (χ2v) is 4.69. The third-order valence-corrected chi connectivity index (χ3v) is 2.95. The molecule has 1 aliphatic rings. The summed E-state index contributed by atoms with van der Waals surface area (Å²) in [7, 11) is 1.71. The maximum Gasteiger partial charge on any atom is 0.152 e. The van der Waals surface area contributed by atoms with Crippen LogP contribution in [0.15, 0.2) is 17.4 Å². The number of rotatable bonds is 1. The second-order valence-electron chi connectivity index (χ2n) is 4.33. The summed E-state index contributed by atoms with van der Waals surface area (Å²) >= 11 is 6.03. The molecule has 3 N–H and O–H groups in total. The van der Waals surface area contributed by atoms with Gasteiger partial charge in [-0.3, -0.25) is 5.41 Å². The molecule has 0 aliphatic carbocycles. The van der Waals surface area contributed by atoms with Crippen molar-refractivity contribution in [2.24, 2.45) is 5.10 Å². The maximum absolute atomic E-state index is 8.19. The molecule has 17 heavy (non-hydrogen) atoms. The minimum absolute atomic E-state index is 0.363. The first-order valence-electron chi connectivity index (χ1n) is 5.24. The molecule has 90 valence electrons. The van der Waals surface area contributed by atoms with E-state index in [4.69, 9.17) is 17.0 Å². The Hall–Kier alpha value is -1.62. The molecule has 0 atom stereocenters. The van der Waals surface area contributed by atoms with E-state index >= 15 is 0 Å². The zero-order valence-corrected chi connectivity index (χ0v) is 10.7. The van der Waals surface area contributed by atoms with E-state index in [9.17, 15) is 0 Å². The monoisotopic (exact) mass is 251 g/mol. The molecule has 1 aliphatic heterocycles. The van der Waals surface area contributed by atoms with Gasteiger partial charge in [-0.2, -0.15) is 5.10 Å². The summed E-state index contributed by atoms with van der Waals surface area (Å²) in [6.45, 7) is 3.90.